The molecule has 0 radical (unpaired) electrons. The van der Waals surface area contributed by atoms with Gasteiger partial charge in [0.15, 0.2) is 0 Å². The minimum atomic E-state index is -3.02. The van der Waals surface area contributed by atoms with Crippen molar-refractivity contribution in [1.29, 1.82) is 0 Å². The first-order valence-electron chi connectivity index (χ1n) is 4.25. The van der Waals surface area contributed by atoms with Gasteiger partial charge in [0.05, 0.1) is 0 Å². The molecule has 1 atom stereocenters. The number of rotatable bonds is 2. The van der Waals surface area contributed by atoms with Crippen LogP contribution in [0.25, 0.3) is 0 Å². The minimum absolute atomic E-state index is 0.248. The maximum absolute atomic E-state index is 13.2. The van der Waals surface area contributed by atoms with E-state index in [0.717, 1.165) is 13.0 Å². The maximum Gasteiger partial charge on any atom is 0.270 e. The summed E-state index contributed by atoms with van der Waals surface area (Å²) in [5.41, 5.74) is 5.36. The molecule has 4 heteroatoms. The Morgan fingerprint density at radius 1 is 1.36 bits per heavy atom. The van der Waals surface area contributed by atoms with Crippen LogP contribution in [0.2, 0.25) is 0 Å². The highest BCUT2D eigenvalue weighted by Gasteiger charge is 2.25. The lowest BCUT2D eigenvalue weighted by Crippen LogP contribution is -2.11. The second-order valence-corrected chi connectivity index (χ2v) is 3.41. The molecule has 78 valence electrons. The lowest BCUT2D eigenvalue weighted by atomic mass is 10.0. The Bertz CT molecular complexity index is 329. The minimum Gasteiger partial charge on any atom is -0.324 e. The molecule has 1 nitrogen and oxygen atoms in total. The highest BCUT2D eigenvalue weighted by molar-refractivity contribution is 5.28. The molecule has 1 aromatic rings. The Hall–Kier alpha value is -1.03. The number of benzene rings is 1. The third-order valence-corrected chi connectivity index (χ3v) is 2.00. The first-order valence-corrected chi connectivity index (χ1v) is 4.25. The Kier molecular flexibility index (Phi) is 2.85. The summed E-state index contributed by atoms with van der Waals surface area (Å²) in [6, 6.07) is 2.84. The Labute approximate surface area is 80.7 Å². The lowest BCUT2D eigenvalue weighted by molar-refractivity contribution is 0.0171. The van der Waals surface area contributed by atoms with E-state index >= 15 is 0 Å². The largest absolute Gasteiger partial charge is 0.324 e. The van der Waals surface area contributed by atoms with Crippen LogP contribution in [-0.2, 0) is 5.92 Å². The molecule has 0 aliphatic heterocycles. The zero-order valence-electron chi connectivity index (χ0n) is 8.02. The molecule has 0 saturated carbocycles. The quantitative estimate of drug-likeness (QED) is 0.785. The number of hydrogen-bond donors (Lipinski definition) is 1. The Morgan fingerprint density at radius 3 is 2.29 bits per heavy atom. The van der Waals surface area contributed by atoms with E-state index < -0.39 is 17.8 Å². The Balaban J connectivity index is 3.13. The van der Waals surface area contributed by atoms with Gasteiger partial charge in [0.1, 0.15) is 5.82 Å². The number of alkyl halides is 2. The van der Waals surface area contributed by atoms with Gasteiger partial charge in [-0.25, -0.2) is 13.2 Å². The topological polar surface area (TPSA) is 26.0 Å². The predicted molar refractivity (Wildman–Crippen MR) is 48.6 cm³/mol. The molecule has 2 N–H and O–H groups in total. The normalized spacial score (nSPS) is 14.1. The van der Waals surface area contributed by atoms with E-state index in [9.17, 15) is 13.2 Å². The predicted octanol–water partition coefficient (Wildman–Crippen LogP) is 2.96. The smallest absolute Gasteiger partial charge is 0.270 e. The van der Waals surface area contributed by atoms with Gasteiger partial charge in [-0.15, -0.1) is 0 Å². The highest BCUT2D eigenvalue weighted by Crippen LogP contribution is 2.28. The van der Waals surface area contributed by atoms with Gasteiger partial charge in [-0.05, 0) is 13.0 Å². The Morgan fingerprint density at radius 2 is 1.93 bits per heavy atom. The number of hydrogen-bond acceptors (Lipinski definition) is 1. The van der Waals surface area contributed by atoms with Gasteiger partial charge in [-0.3, -0.25) is 0 Å². The summed E-state index contributed by atoms with van der Waals surface area (Å²) in [5.74, 6) is -3.70. The molecular formula is C10H12F3N. The van der Waals surface area contributed by atoms with Gasteiger partial charge in [0.2, 0.25) is 0 Å². The first-order chi connectivity index (χ1) is 6.32. The fourth-order valence-corrected chi connectivity index (χ4v) is 1.17. The van der Waals surface area contributed by atoms with E-state index in [4.69, 9.17) is 5.73 Å². The van der Waals surface area contributed by atoms with Crippen LogP contribution in [0.15, 0.2) is 18.2 Å². The average Bonchev–Trinajstić information content (AvgIpc) is 2.01. The zero-order valence-corrected chi connectivity index (χ0v) is 8.02. The summed E-state index contributed by atoms with van der Waals surface area (Å²) in [5, 5.41) is 0. The standard InChI is InChI=1S/C10H12F3N/c1-6(14)8-4-3-7(5-9(8)11)10(2,12)13/h3-6H,14H2,1-2H3. The van der Waals surface area contributed by atoms with E-state index in [1.54, 1.807) is 6.92 Å². The zero-order chi connectivity index (χ0) is 10.9. The van der Waals surface area contributed by atoms with Crippen LogP contribution in [0.1, 0.15) is 31.0 Å². The molecule has 0 saturated heterocycles. The van der Waals surface area contributed by atoms with Gasteiger partial charge >= 0.3 is 0 Å². The lowest BCUT2D eigenvalue weighted by Gasteiger charge is -2.13. The highest BCUT2D eigenvalue weighted by atomic mass is 19.3. The van der Waals surface area contributed by atoms with Gasteiger partial charge in [0, 0.05) is 24.1 Å². The van der Waals surface area contributed by atoms with Crippen molar-refractivity contribution in [3.05, 3.63) is 35.1 Å². The summed E-state index contributed by atoms with van der Waals surface area (Å²) < 4.78 is 38.8. The fraction of sp³-hybridized carbons (Fsp3) is 0.400. The molecule has 0 spiro atoms. The monoisotopic (exact) mass is 203 g/mol. The van der Waals surface area contributed by atoms with Crippen LogP contribution < -0.4 is 5.73 Å². The van der Waals surface area contributed by atoms with Crippen molar-refractivity contribution in [3.8, 4) is 0 Å². The van der Waals surface area contributed by atoms with Crippen molar-refractivity contribution in [1.82, 2.24) is 0 Å². The van der Waals surface area contributed by atoms with Crippen molar-refractivity contribution < 1.29 is 13.2 Å². The SMILES string of the molecule is CC(N)c1ccc(C(C)(F)F)cc1F. The van der Waals surface area contributed by atoms with Crippen LogP contribution >= 0.6 is 0 Å². The van der Waals surface area contributed by atoms with E-state index in [-0.39, 0.29) is 11.1 Å². The summed E-state index contributed by atoms with van der Waals surface area (Å²) in [7, 11) is 0. The van der Waals surface area contributed by atoms with Crippen LogP contribution in [-0.4, -0.2) is 0 Å². The summed E-state index contributed by atoms with van der Waals surface area (Å²) in [6.07, 6.45) is 0. The van der Waals surface area contributed by atoms with Crippen molar-refractivity contribution in [2.75, 3.05) is 0 Å². The average molecular weight is 203 g/mol. The molecule has 0 aliphatic rings. The molecule has 14 heavy (non-hydrogen) atoms. The van der Waals surface area contributed by atoms with Crippen LogP contribution in [0, 0.1) is 5.82 Å². The fourth-order valence-electron chi connectivity index (χ4n) is 1.17. The summed E-state index contributed by atoms with van der Waals surface area (Å²) in [6.45, 7) is 2.33. The van der Waals surface area contributed by atoms with E-state index in [0.29, 0.717) is 0 Å². The van der Waals surface area contributed by atoms with Crippen LogP contribution in [0.3, 0.4) is 0 Å². The van der Waals surface area contributed by atoms with Crippen molar-refractivity contribution in [3.63, 3.8) is 0 Å². The van der Waals surface area contributed by atoms with Crippen LogP contribution in [0.5, 0.6) is 0 Å². The van der Waals surface area contributed by atoms with Crippen molar-refractivity contribution in [2.24, 2.45) is 5.73 Å². The summed E-state index contributed by atoms with van der Waals surface area (Å²) in [4.78, 5) is 0. The molecule has 0 aliphatic carbocycles. The second kappa shape index (κ2) is 3.61. The van der Waals surface area contributed by atoms with Crippen molar-refractivity contribution in [2.45, 2.75) is 25.8 Å². The van der Waals surface area contributed by atoms with Gasteiger partial charge in [0.25, 0.3) is 5.92 Å². The third-order valence-electron chi connectivity index (χ3n) is 2.00. The van der Waals surface area contributed by atoms with E-state index in [2.05, 4.69) is 0 Å². The van der Waals surface area contributed by atoms with E-state index in [1.165, 1.54) is 12.1 Å². The molecule has 0 aromatic heterocycles. The molecular weight excluding hydrogens is 191 g/mol. The maximum atomic E-state index is 13.2. The number of halogens is 3. The molecule has 1 rings (SSSR count). The van der Waals surface area contributed by atoms with E-state index in [1.807, 2.05) is 0 Å². The molecule has 1 unspecified atom stereocenters. The molecule has 1 aromatic carbocycles. The second-order valence-electron chi connectivity index (χ2n) is 3.41. The van der Waals surface area contributed by atoms with Gasteiger partial charge in [-0.1, -0.05) is 12.1 Å². The van der Waals surface area contributed by atoms with Gasteiger partial charge < -0.3 is 5.73 Å². The molecule has 0 bridgehead atoms. The molecule has 0 amide bonds. The van der Waals surface area contributed by atoms with Crippen LogP contribution in [0.4, 0.5) is 13.2 Å². The summed E-state index contributed by atoms with van der Waals surface area (Å²) >= 11 is 0. The van der Waals surface area contributed by atoms with Crippen molar-refractivity contribution >= 4 is 0 Å². The molecule has 0 heterocycles. The third kappa shape index (κ3) is 2.26. The number of nitrogens with two attached hydrogens (primary N) is 1. The first kappa shape index (κ1) is 11.0. The van der Waals surface area contributed by atoms with Gasteiger partial charge in [-0.2, -0.15) is 0 Å². The molecule has 0 fully saturated rings.